The predicted octanol–water partition coefficient (Wildman–Crippen LogP) is 19.9. The number of hydrogen-bond donors (Lipinski definition) is 0. The van der Waals surface area contributed by atoms with Crippen LogP contribution in [0.25, 0.3) is 0 Å². The average Bonchev–Trinajstić information content (AvgIpc) is 3.36. The molecule has 70 heavy (non-hydrogen) atoms. The van der Waals surface area contributed by atoms with Crippen molar-refractivity contribution in [3.63, 3.8) is 0 Å². The molecule has 0 aliphatic carbocycles. The summed E-state index contributed by atoms with van der Waals surface area (Å²) in [5.74, 6) is -0.914. The smallest absolute Gasteiger partial charge is 0.306 e. The average molecular weight is 976 g/mol. The van der Waals surface area contributed by atoms with Gasteiger partial charge >= 0.3 is 17.9 Å². The van der Waals surface area contributed by atoms with E-state index in [0.717, 1.165) is 96.3 Å². The van der Waals surface area contributed by atoms with Crippen LogP contribution in [0.3, 0.4) is 0 Å². The summed E-state index contributed by atoms with van der Waals surface area (Å²) in [6, 6.07) is 0. The van der Waals surface area contributed by atoms with Crippen LogP contribution in [0.1, 0.15) is 284 Å². The minimum atomic E-state index is -0.794. The molecule has 0 spiro atoms. The lowest BCUT2D eigenvalue weighted by molar-refractivity contribution is -0.167. The highest BCUT2D eigenvalue weighted by molar-refractivity contribution is 5.71. The first-order chi connectivity index (χ1) is 34.5. The predicted molar refractivity (Wildman–Crippen MR) is 302 cm³/mol. The zero-order chi connectivity index (χ0) is 50.7. The normalized spacial score (nSPS) is 12.7. The van der Waals surface area contributed by atoms with Gasteiger partial charge in [-0.2, -0.15) is 0 Å². The van der Waals surface area contributed by atoms with Crippen LogP contribution >= 0.6 is 0 Å². The van der Waals surface area contributed by atoms with Crippen molar-refractivity contribution in [1.82, 2.24) is 0 Å². The molecule has 0 aromatic carbocycles. The number of esters is 3. The van der Waals surface area contributed by atoms with Gasteiger partial charge in [0.2, 0.25) is 0 Å². The van der Waals surface area contributed by atoms with Crippen LogP contribution in [0.4, 0.5) is 0 Å². The molecule has 6 nitrogen and oxygen atoms in total. The molecule has 0 aromatic rings. The Morgan fingerprint density at radius 2 is 0.557 bits per heavy atom. The molecule has 0 aromatic heterocycles. The zero-order valence-corrected chi connectivity index (χ0v) is 46.0. The number of hydrogen-bond acceptors (Lipinski definition) is 6. The Morgan fingerprint density at radius 3 is 0.900 bits per heavy atom. The lowest BCUT2D eigenvalue weighted by Crippen LogP contribution is -2.30. The van der Waals surface area contributed by atoms with Crippen molar-refractivity contribution in [2.24, 2.45) is 0 Å². The summed E-state index contributed by atoms with van der Waals surface area (Å²) < 4.78 is 16.9. The summed E-state index contributed by atoms with van der Waals surface area (Å²) in [4.78, 5) is 38.2. The Hall–Kier alpha value is -3.41. The van der Waals surface area contributed by atoms with E-state index in [2.05, 4.69) is 106 Å². The van der Waals surface area contributed by atoms with Gasteiger partial charge in [-0.3, -0.25) is 14.4 Å². The number of carbonyl (C=O) groups is 3. The lowest BCUT2D eigenvalue weighted by Gasteiger charge is -2.18. The van der Waals surface area contributed by atoms with Gasteiger partial charge < -0.3 is 14.2 Å². The van der Waals surface area contributed by atoms with Gasteiger partial charge in [0.1, 0.15) is 13.2 Å². The molecule has 0 N–H and O–H groups in total. The molecular formula is C64H110O6. The van der Waals surface area contributed by atoms with Gasteiger partial charge in [0.05, 0.1) is 0 Å². The van der Waals surface area contributed by atoms with E-state index in [0.29, 0.717) is 19.3 Å². The fraction of sp³-hybridized carbons (Fsp3) is 0.734. The second-order valence-corrected chi connectivity index (χ2v) is 19.7. The minimum absolute atomic E-state index is 0.0884. The second kappa shape index (κ2) is 58.2. The van der Waals surface area contributed by atoms with Crippen LogP contribution in [0.5, 0.6) is 0 Å². The van der Waals surface area contributed by atoms with Crippen LogP contribution in [0, 0.1) is 0 Å². The topological polar surface area (TPSA) is 78.9 Å². The molecule has 1 atom stereocenters. The molecule has 6 heteroatoms. The van der Waals surface area contributed by atoms with Crippen molar-refractivity contribution in [2.75, 3.05) is 13.2 Å². The Balaban J connectivity index is 4.42. The molecule has 402 valence electrons. The zero-order valence-electron chi connectivity index (χ0n) is 46.0. The van der Waals surface area contributed by atoms with E-state index in [1.54, 1.807) is 0 Å². The highest BCUT2D eigenvalue weighted by Crippen LogP contribution is 2.16. The van der Waals surface area contributed by atoms with Gasteiger partial charge in [-0.15, -0.1) is 0 Å². The van der Waals surface area contributed by atoms with Gasteiger partial charge in [-0.1, -0.05) is 286 Å². The standard InChI is InChI=1S/C64H110O6/c1-4-7-10-13-16-19-22-25-28-30-32-34-36-39-42-45-48-51-54-57-63(66)69-60-61(59-68-62(65)56-53-50-47-44-41-38-35-27-24-21-18-15-12-9-6-3)70-64(67)58-55-52-49-46-43-40-37-33-31-29-26-23-20-17-14-11-8-5-2/h9,12,15,17-18,20-21,23-24,26,29,31,33,37,61H,4-8,10-11,13-14,16,19,22,25,27-28,30,32,34-36,38-60H2,1-3H3/b12-9-,18-15-,20-17-,24-21-,26-23-,31-29-,37-33-. The summed E-state index contributed by atoms with van der Waals surface area (Å²) in [6.45, 7) is 6.47. The van der Waals surface area contributed by atoms with Gasteiger partial charge in [0, 0.05) is 19.3 Å². The van der Waals surface area contributed by atoms with E-state index in [1.807, 2.05) is 0 Å². The first-order valence-electron chi connectivity index (χ1n) is 29.7. The Bertz CT molecular complexity index is 1350. The van der Waals surface area contributed by atoms with E-state index in [4.69, 9.17) is 14.2 Å². The van der Waals surface area contributed by atoms with Crippen LogP contribution < -0.4 is 0 Å². The monoisotopic (exact) mass is 975 g/mol. The molecule has 0 radical (unpaired) electrons. The molecule has 0 amide bonds. The Kier molecular flexibility index (Phi) is 55.3. The molecule has 0 heterocycles. The second-order valence-electron chi connectivity index (χ2n) is 19.7. The fourth-order valence-electron chi connectivity index (χ4n) is 8.34. The summed E-state index contributed by atoms with van der Waals surface area (Å²) >= 11 is 0. The SMILES string of the molecule is CC\C=C/C=C\C=C/CCCCCCCCCC(=O)OCC(COC(=O)CCCCCCCCCCCCCCCCCCCCC)OC(=O)CCCCCCC\C=C/C=C\C=C/C=C\CCCCC. The van der Waals surface area contributed by atoms with Crippen LogP contribution in [0.15, 0.2) is 85.1 Å². The van der Waals surface area contributed by atoms with Crippen molar-refractivity contribution in [1.29, 1.82) is 0 Å². The van der Waals surface area contributed by atoms with Gasteiger partial charge in [-0.25, -0.2) is 0 Å². The molecular weight excluding hydrogens is 865 g/mol. The van der Waals surface area contributed by atoms with Crippen molar-refractivity contribution in [3.8, 4) is 0 Å². The number of allylic oxidation sites excluding steroid dienone is 14. The quantitative estimate of drug-likeness (QED) is 0.0261. The minimum Gasteiger partial charge on any atom is -0.462 e. The van der Waals surface area contributed by atoms with Crippen molar-refractivity contribution < 1.29 is 28.6 Å². The maximum Gasteiger partial charge on any atom is 0.306 e. The van der Waals surface area contributed by atoms with E-state index >= 15 is 0 Å². The molecule has 0 rings (SSSR count). The number of carbonyl (C=O) groups excluding carboxylic acids is 3. The summed E-state index contributed by atoms with van der Waals surface area (Å²) in [7, 11) is 0. The highest BCUT2D eigenvalue weighted by atomic mass is 16.6. The summed E-state index contributed by atoms with van der Waals surface area (Å²) in [5.41, 5.74) is 0. The largest absolute Gasteiger partial charge is 0.462 e. The van der Waals surface area contributed by atoms with Gasteiger partial charge in [-0.05, 0) is 64.2 Å². The Morgan fingerprint density at radius 1 is 0.300 bits per heavy atom. The van der Waals surface area contributed by atoms with E-state index < -0.39 is 6.10 Å². The third kappa shape index (κ3) is 55.5. The van der Waals surface area contributed by atoms with Crippen molar-refractivity contribution >= 4 is 17.9 Å². The first-order valence-corrected chi connectivity index (χ1v) is 29.7. The van der Waals surface area contributed by atoms with Crippen LogP contribution in [-0.2, 0) is 28.6 Å². The van der Waals surface area contributed by atoms with Crippen LogP contribution in [-0.4, -0.2) is 37.2 Å². The molecule has 0 saturated heterocycles. The molecule has 0 aliphatic rings. The Labute approximate surface area is 433 Å². The van der Waals surface area contributed by atoms with Crippen LogP contribution in [0.2, 0.25) is 0 Å². The summed E-state index contributed by atoms with van der Waals surface area (Å²) in [5, 5.41) is 0. The number of unbranched alkanes of at least 4 members (excludes halogenated alkanes) is 33. The van der Waals surface area contributed by atoms with E-state index in [9.17, 15) is 14.4 Å². The lowest BCUT2D eigenvalue weighted by atomic mass is 10.0. The number of rotatable bonds is 53. The molecule has 0 bridgehead atoms. The fourth-order valence-corrected chi connectivity index (χ4v) is 8.34. The third-order valence-electron chi connectivity index (χ3n) is 12.8. The van der Waals surface area contributed by atoms with Crippen molar-refractivity contribution in [3.05, 3.63) is 85.1 Å². The third-order valence-corrected chi connectivity index (χ3v) is 12.8. The number of ether oxygens (including phenoxy) is 3. The van der Waals surface area contributed by atoms with Crippen molar-refractivity contribution in [2.45, 2.75) is 290 Å². The van der Waals surface area contributed by atoms with Gasteiger partial charge in [0.25, 0.3) is 0 Å². The first kappa shape index (κ1) is 66.6. The van der Waals surface area contributed by atoms with E-state index in [1.165, 1.54) is 148 Å². The molecule has 0 saturated carbocycles. The molecule has 0 fully saturated rings. The van der Waals surface area contributed by atoms with Gasteiger partial charge in [0.15, 0.2) is 6.10 Å². The highest BCUT2D eigenvalue weighted by Gasteiger charge is 2.19. The molecule has 0 aliphatic heterocycles. The molecule has 1 unspecified atom stereocenters. The summed E-state index contributed by atoms with van der Waals surface area (Å²) in [6.07, 6.45) is 75.7. The van der Waals surface area contributed by atoms with E-state index in [-0.39, 0.29) is 31.1 Å². The maximum absolute atomic E-state index is 12.9. The maximum atomic E-state index is 12.9.